The highest BCUT2D eigenvalue weighted by molar-refractivity contribution is 5.00. The van der Waals surface area contributed by atoms with Gasteiger partial charge >= 0.3 is 0 Å². The summed E-state index contributed by atoms with van der Waals surface area (Å²) in [5.74, 6) is 2.67. The van der Waals surface area contributed by atoms with E-state index in [1.165, 1.54) is 0 Å². The third kappa shape index (κ3) is 1.80. The first kappa shape index (κ1) is 9.65. The molecule has 78 valence electrons. The molecule has 0 aliphatic carbocycles. The van der Waals surface area contributed by atoms with Crippen LogP contribution in [-0.2, 0) is 6.42 Å². The van der Waals surface area contributed by atoms with Crippen LogP contribution in [0.4, 0.5) is 0 Å². The van der Waals surface area contributed by atoms with Crippen molar-refractivity contribution in [3.05, 3.63) is 11.7 Å². The van der Waals surface area contributed by atoms with Gasteiger partial charge in [0, 0.05) is 13.0 Å². The van der Waals surface area contributed by atoms with Crippen molar-refractivity contribution < 1.29 is 4.52 Å². The lowest BCUT2D eigenvalue weighted by Crippen LogP contribution is -2.08. The first-order chi connectivity index (χ1) is 6.81. The van der Waals surface area contributed by atoms with E-state index in [9.17, 15) is 0 Å². The van der Waals surface area contributed by atoms with Crippen LogP contribution in [0, 0.1) is 5.92 Å². The molecule has 1 saturated heterocycles. The Morgan fingerprint density at radius 3 is 3.00 bits per heavy atom. The predicted molar refractivity (Wildman–Crippen MR) is 53.1 cm³/mol. The van der Waals surface area contributed by atoms with E-state index in [1.54, 1.807) is 0 Å². The predicted octanol–water partition coefficient (Wildman–Crippen LogP) is 1.34. The Labute approximate surface area is 84.1 Å². The molecule has 4 heteroatoms. The topological polar surface area (TPSA) is 51.0 Å². The van der Waals surface area contributed by atoms with E-state index >= 15 is 0 Å². The number of aryl methyl sites for hydroxylation is 1. The van der Waals surface area contributed by atoms with Crippen LogP contribution in [0.1, 0.15) is 37.9 Å². The summed E-state index contributed by atoms with van der Waals surface area (Å²) in [5, 5.41) is 7.31. The Morgan fingerprint density at radius 2 is 2.36 bits per heavy atom. The maximum absolute atomic E-state index is 5.27. The van der Waals surface area contributed by atoms with Gasteiger partial charge < -0.3 is 9.84 Å². The van der Waals surface area contributed by atoms with Crippen molar-refractivity contribution in [1.29, 1.82) is 0 Å². The van der Waals surface area contributed by atoms with Gasteiger partial charge in [-0.25, -0.2) is 0 Å². The molecule has 0 spiro atoms. The SMILES string of the molecule is CCCc1noc([C@@H]2CNC[C@H]2C)n1. The number of hydrogen-bond donors (Lipinski definition) is 1. The van der Waals surface area contributed by atoms with Crippen molar-refractivity contribution in [1.82, 2.24) is 15.5 Å². The molecule has 1 N–H and O–H groups in total. The number of nitrogens with one attached hydrogen (secondary N) is 1. The minimum Gasteiger partial charge on any atom is -0.339 e. The molecule has 1 fully saturated rings. The number of aromatic nitrogens is 2. The van der Waals surface area contributed by atoms with Crippen LogP contribution in [0.3, 0.4) is 0 Å². The van der Waals surface area contributed by atoms with Gasteiger partial charge in [0.25, 0.3) is 0 Å². The van der Waals surface area contributed by atoms with E-state index in [4.69, 9.17) is 4.52 Å². The van der Waals surface area contributed by atoms with Crippen molar-refractivity contribution in [2.45, 2.75) is 32.6 Å². The first-order valence-electron chi connectivity index (χ1n) is 5.34. The lowest BCUT2D eigenvalue weighted by atomic mass is 9.98. The molecular weight excluding hydrogens is 178 g/mol. The number of hydrogen-bond acceptors (Lipinski definition) is 4. The van der Waals surface area contributed by atoms with E-state index in [0.29, 0.717) is 11.8 Å². The van der Waals surface area contributed by atoms with Crippen molar-refractivity contribution in [2.24, 2.45) is 5.92 Å². The van der Waals surface area contributed by atoms with E-state index in [1.807, 2.05) is 0 Å². The van der Waals surface area contributed by atoms with Gasteiger partial charge in [-0.3, -0.25) is 0 Å². The smallest absolute Gasteiger partial charge is 0.231 e. The van der Waals surface area contributed by atoms with E-state index in [2.05, 4.69) is 29.3 Å². The highest BCUT2D eigenvalue weighted by Gasteiger charge is 2.29. The van der Waals surface area contributed by atoms with Crippen LogP contribution < -0.4 is 5.32 Å². The van der Waals surface area contributed by atoms with Crippen molar-refractivity contribution in [3.63, 3.8) is 0 Å². The fourth-order valence-electron chi connectivity index (χ4n) is 1.88. The zero-order valence-corrected chi connectivity index (χ0v) is 8.79. The Bertz CT molecular complexity index is 297. The first-order valence-corrected chi connectivity index (χ1v) is 5.34. The second-order valence-corrected chi connectivity index (χ2v) is 4.04. The van der Waals surface area contributed by atoms with Crippen molar-refractivity contribution >= 4 is 0 Å². The lowest BCUT2D eigenvalue weighted by molar-refractivity contribution is 0.336. The summed E-state index contributed by atoms with van der Waals surface area (Å²) in [6.07, 6.45) is 1.98. The van der Waals surface area contributed by atoms with E-state index in [-0.39, 0.29) is 0 Å². The van der Waals surface area contributed by atoms with Gasteiger partial charge in [-0.05, 0) is 18.9 Å². The number of rotatable bonds is 3. The molecule has 4 nitrogen and oxygen atoms in total. The largest absolute Gasteiger partial charge is 0.339 e. The van der Waals surface area contributed by atoms with Crippen LogP contribution >= 0.6 is 0 Å². The molecule has 2 heterocycles. The normalized spacial score (nSPS) is 27.0. The molecule has 14 heavy (non-hydrogen) atoms. The molecule has 0 radical (unpaired) electrons. The Balaban J connectivity index is 2.08. The third-order valence-electron chi connectivity index (χ3n) is 2.79. The summed E-state index contributed by atoms with van der Waals surface area (Å²) < 4.78 is 5.27. The van der Waals surface area contributed by atoms with Gasteiger partial charge in [-0.1, -0.05) is 19.0 Å². The van der Waals surface area contributed by atoms with Crippen LogP contribution in [0.5, 0.6) is 0 Å². The van der Waals surface area contributed by atoms with Gasteiger partial charge in [-0.15, -0.1) is 0 Å². The summed E-state index contributed by atoms with van der Waals surface area (Å²) in [7, 11) is 0. The standard InChI is InChI=1S/C10H17N3O/c1-3-4-9-12-10(14-13-9)8-6-11-5-7(8)2/h7-8,11H,3-6H2,1-2H3/t7-,8-/m1/s1. The average Bonchev–Trinajstić information content (AvgIpc) is 2.74. The molecule has 1 aliphatic heterocycles. The highest BCUT2D eigenvalue weighted by Crippen LogP contribution is 2.26. The minimum atomic E-state index is 0.410. The minimum absolute atomic E-state index is 0.410. The molecule has 1 aromatic heterocycles. The molecular formula is C10H17N3O. The van der Waals surface area contributed by atoms with Gasteiger partial charge in [0.15, 0.2) is 5.82 Å². The third-order valence-corrected chi connectivity index (χ3v) is 2.79. The quantitative estimate of drug-likeness (QED) is 0.791. The Kier molecular flexibility index (Phi) is 2.82. The highest BCUT2D eigenvalue weighted by atomic mass is 16.5. The second kappa shape index (κ2) is 4.09. The zero-order valence-electron chi connectivity index (χ0n) is 8.79. The molecule has 1 aliphatic rings. The van der Waals surface area contributed by atoms with Crippen LogP contribution in [-0.4, -0.2) is 23.2 Å². The summed E-state index contributed by atoms with van der Waals surface area (Å²) in [4.78, 5) is 4.41. The van der Waals surface area contributed by atoms with Gasteiger partial charge in [-0.2, -0.15) is 4.98 Å². The van der Waals surface area contributed by atoms with E-state index < -0.39 is 0 Å². The molecule has 2 rings (SSSR count). The average molecular weight is 195 g/mol. The van der Waals surface area contributed by atoms with Crippen LogP contribution in [0.15, 0.2) is 4.52 Å². The fraction of sp³-hybridized carbons (Fsp3) is 0.800. The van der Waals surface area contributed by atoms with Crippen LogP contribution in [0.25, 0.3) is 0 Å². The van der Waals surface area contributed by atoms with Crippen molar-refractivity contribution in [3.8, 4) is 0 Å². The van der Waals surface area contributed by atoms with E-state index in [0.717, 1.165) is 37.6 Å². The van der Waals surface area contributed by atoms with Gasteiger partial charge in [0.1, 0.15) is 0 Å². The molecule has 0 amide bonds. The summed E-state index contributed by atoms with van der Waals surface area (Å²) >= 11 is 0. The van der Waals surface area contributed by atoms with Crippen LogP contribution in [0.2, 0.25) is 0 Å². The van der Waals surface area contributed by atoms with Gasteiger partial charge in [0.2, 0.25) is 5.89 Å². The monoisotopic (exact) mass is 195 g/mol. The summed E-state index contributed by atoms with van der Waals surface area (Å²) in [6.45, 7) is 6.36. The van der Waals surface area contributed by atoms with Crippen molar-refractivity contribution in [2.75, 3.05) is 13.1 Å². The number of nitrogens with zero attached hydrogens (tertiary/aromatic N) is 2. The second-order valence-electron chi connectivity index (χ2n) is 4.04. The Hall–Kier alpha value is -0.900. The maximum atomic E-state index is 5.27. The molecule has 1 aromatic rings. The maximum Gasteiger partial charge on any atom is 0.231 e. The summed E-state index contributed by atoms with van der Waals surface area (Å²) in [5.41, 5.74) is 0. The summed E-state index contributed by atoms with van der Waals surface area (Å²) in [6, 6.07) is 0. The molecule has 0 saturated carbocycles. The Morgan fingerprint density at radius 1 is 1.50 bits per heavy atom. The molecule has 2 atom stereocenters. The van der Waals surface area contributed by atoms with Gasteiger partial charge in [0.05, 0.1) is 5.92 Å². The fourth-order valence-corrected chi connectivity index (χ4v) is 1.88. The zero-order chi connectivity index (χ0) is 9.97. The molecule has 0 aromatic carbocycles. The molecule has 0 unspecified atom stereocenters. The lowest BCUT2D eigenvalue weighted by Gasteiger charge is -2.07. The molecule has 0 bridgehead atoms.